The quantitative estimate of drug-likeness (QED) is 0.140. The lowest BCUT2D eigenvalue weighted by Gasteiger charge is -2.35. The van der Waals surface area contributed by atoms with Crippen LogP contribution in [0.3, 0.4) is 0 Å². The predicted molar refractivity (Wildman–Crippen MR) is 292 cm³/mol. The van der Waals surface area contributed by atoms with Gasteiger partial charge in [0.05, 0.1) is 11.1 Å². The number of hydrogen-bond acceptors (Lipinski definition) is 1. The molecular weight excluding hydrogens is 843 g/mol. The molecule has 1 atom stereocenters. The summed E-state index contributed by atoms with van der Waals surface area (Å²) in [4.78, 5) is 2.52. The van der Waals surface area contributed by atoms with E-state index in [0.29, 0.717) is 0 Å². The maximum absolute atomic E-state index is 2.52. The zero-order chi connectivity index (χ0) is 46.7. The number of anilines is 3. The third-order valence-electron chi connectivity index (χ3n) is 15.2. The van der Waals surface area contributed by atoms with Crippen LogP contribution in [-0.2, 0) is 10.8 Å². The lowest BCUT2D eigenvalue weighted by molar-refractivity contribution is 0.714. The van der Waals surface area contributed by atoms with Gasteiger partial charge in [-0.1, -0.05) is 231 Å². The van der Waals surface area contributed by atoms with Gasteiger partial charge in [0.1, 0.15) is 0 Å². The summed E-state index contributed by atoms with van der Waals surface area (Å²) in [6.45, 7) is 2.41. The Hall–Kier alpha value is -8.78. The summed E-state index contributed by atoms with van der Waals surface area (Å²) in [6.07, 6.45) is 0. The van der Waals surface area contributed by atoms with Gasteiger partial charge in [0.25, 0.3) is 0 Å². The van der Waals surface area contributed by atoms with Crippen molar-refractivity contribution in [3.8, 4) is 55.6 Å². The lowest BCUT2D eigenvalue weighted by atomic mass is 9.67. The number of benzene rings is 11. The summed E-state index contributed by atoms with van der Waals surface area (Å²) >= 11 is 0. The van der Waals surface area contributed by atoms with Gasteiger partial charge >= 0.3 is 0 Å². The van der Waals surface area contributed by atoms with Gasteiger partial charge in [0.15, 0.2) is 0 Å². The molecule has 1 heteroatoms. The van der Waals surface area contributed by atoms with Crippen LogP contribution in [0.15, 0.2) is 279 Å². The van der Waals surface area contributed by atoms with Crippen molar-refractivity contribution in [2.45, 2.75) is 17.8 Å². The van der Waals surface area contributed by atoms with Crippen molar-refractivity contribution in [1.82, 2.24) is 0 Å². The van der Waals surface area contributed by atoms with E-state index in [-0.39, 0.29) is 5.41 Å². The molecule has 330 valence electrons. The Morgan fingerprint density at radius 2 is 0.700 bits per heavy atom. The molecule has 0 aliphatic heterocycles. The number of fused-ring (bicyclic) bond motifs is 6. The van der Waals surface area contributed by atoms with Gasteiger partial charge in [-0.05, 0) is 144 Å². The smallest absolute Gasteiger partial charge is 0.0714 e. The highest BCUT2D eigenvalue weighted by atomic mass is 15.1. The van der Waals surface area contributed by atoms with Crippen LogP contribution in [-0.4, -0.2) is 0 Å². The Kier molecular flexibility index (Phi) is 9.92. The van der Waals surface area contributed by atoms with Crippen molar-refractivity contribution >= 4 is 17.1 Å². The van der Waals surface area contributed by atoms with Crippen molar-refractivity contribution in [3.63, 3.8) is 0 Å². The van der Waals surface area contributed by atoms with Gasteiger partial charge in [-0.2, -0.15) is 0 Å². The van der Waals surface area contributed by atoms with Crippen molar-refractivity contribution < 1.29 is 0 Å². The second kappa shape index (κ2) is 16.8. The van der Waals surface area contributed by atoms with Gasteiger partial charge < -0.3 is 4.90 Å². The normalized spacial score (nSPS) is 14.8. The molecule has 2 aliphatic rings. The summed E-state index contributed by atoms with van der Waals surface area (Å²) in [6, 6.07) is 103. The first kappa shape index (κ1) is 41.4. The molecule has 0 spiro atoms. The molecular formula is C69H49N. The van der Waals surface area contributed by atoms with E-state index in [9.17, 15) is 0 Å². The van der Waals surface area contributed by atoms with Crippen LogP contribution in [0, 0.1) is 0 Å². The van der Waals surface area contributed by atoms with Gasteiger partial charge in [-0.15, -0.1) is 0 Å². The second-order valence-corrected chi connectivity index (χ2v) is 18.9. The molecule has 0 aromatic heterocycles. The number of nitrogens with zero attached hydrogens (tertiary/aromatic N) is 1. The summed E-state index contributed by atoms with van der Waals surface area (Å²) in [5.74, 6) is 0. The fourth-order valence-corrected chi connectivity index (χ4v) is 12.0. The molecule has 13 rings (SSSR count). The van der Waals surface area contributed by atoms with E-state index in [0.717, 1.165) is 22.6 Å². The van der Waals surface area contributed by atoms with Crippen molar-refractivity contribution in [1.29, 1.82) is 0 Å². The van der Waals surface area contributed by atoms with Crippen molar-refractivity contribution in [3.05, 3.63) is 318 Å². The molecule has 1 unspecified atom stereocenters. The Morgan fingerprint density at radius 1 is 0.271 bits per heavy atom. The van der Waals surface area contributed by atoms with E-state index in [1.807, 2.05) is 0 Å². The second-order valence-electron chi connectivity index (χ2n) is 18.9. The van der Waals surface area contributed by atoms with Crippen LogP contribution in [0.25, 0.3) is 55.6 Å². The molecule has 70 heavy (non-hydrogen) atoms. The Labute approximate surface area is 411 Å². The molecule has 2 aliphatic carbocycles. The van der Waals surface area contributed by atoms with Crippen LogP contribution in [0.1, 0.15) is 45.9 Å². The fourth-order valence-electron chi connectivity index (χ4n) is 12.0. The molecule has 0 fully saturated rings. The highest BCUT2D eigenvalue weighted by molar-refractivity contribution is 5.97. The predicted octanol–water partition coefficient (Wildman–Crippen LogP) is 17.9. The first-order valence-corrected chi connectivity index (χ1v) is 24.4. The molecule has 11 aromatic carbocycles. The fraction of sp³-hybridized carbons (Fsp3) is 0.0435. The molecule has 0 saturated heterocycles. The summed E-state index contributed by atoms with van der Waals surface area (Å²) in [5.41, 5.74) is 23.6. The van der Waals surface area contributed by atoms with Gasteiger partial charge in [0, 0.05) is 22.4 Å². The summed E-state index contributed by atoms with van der Waals surface area (Å²) in [5, 5.41) is 0. The molecule has 1 nitrogen and oxygen atoms in total. The van der Waals surface area contributed by atoms with Crippen molar-refractivity contribution in [2.75, 3.05) is 4.90 Å². The molecule has 0 heterocycles. The molecule has 0 saturated carbocycles. The minimum Gasteiger partial charge on any atom is -0.310 e. The van der Waals surface area contributed by atoms with E-state index < -0.39 is 5.41 Å². The van der Waals surface area contributed by atoms with Crippen LogP contribution in [0.4, 0.5) is 17.1 Å². The van der Waals surface area contributed by atoms with Gasteiger partial charge in [-0.3, -0.25) is 0 Å². The van der Waals surface area contributed by atoms with Gasteiger partial charge in [-0.25, -0.2) is 0 Å². The SMILES string of the molecule is CC1(c2ccccc2)c2ccccc2-c2c(N(c3ccc(-c4cc(-c5ccccc5)cc(-c5ccccc5)c4)cc3)c3ccc4c(c3)C(c3ccccc3)(c3ccccc3)c3ccccc3-4)cccc21. The van der Waals surface area contributed by atoms with Crippen LogP contribution in [0.2, 0.25) is 0 Å². The van der Waals surface area contributed by atoms with Crippen LogP contribution >= 0.6 is 0 Å². The van der Waals surface area contributed by atoms with E-state index in [1.165, 1.54) is 89.0 Å². The average Bonchev–Trinajstić information content (AvgIpc) is 3.89. The first-order valence-electron chi connectivity index (χ1n) is 24.4. The lowest BCUT2D eigenvalue weighted by Crippen LogP contribution is -2.28. The van der Waals surface area contributed by atoms with E-state index in [1.54, 1.807) is 0 Å². The molecule has 0 N–H and O–H groups in total. The van der Waals surface area contributed by atoms with Crippen molar-refractivity contribution in [2.24, 2.45) is 0 Å². The van der Waals surface area contributed by atoms with E-state index in [4.69, 9.17) is 0 Å². The summed E-state index contributed by atoms with van der Waals surface area (Å²) in [7, 11) is 0. The first-order chi connectivity index (χ1) is 34.6. The Bertz CT molecular complexity index is 3600. The largest absolute Gasteiger partial charge is 0.310 e. The molecule has 11 aromatic rings. The maximum atomic E-state index is 2.52. The highest BCUT2D eigenvalue weighted by Crippen LogP contribution is 2.60. The van der Waals surface area contributed by atoms with E-state index in [2.05, 4.69) is 291 Å². The number of rotatable bonds is 9. The molecule has 0 radical (unpaired) electrons. The zero-order valence-corrected chi connectivity index (χ0v) is 39.0. The Balaban J connectivity index is 1.05. The maximum Gasteiger partial charge on any atom is 0.0714 e. The number of hydrogen-bond donors (Lipinski definition) is 0. The minimum atomic E-state index is -0.544. The summed E-state index contributed by atoms with van der Waals surface area (Å²) < 4.78 is 0. The highest BCUT2D eigenvalue weighted by Gasteiger charge is 2.47. The minimum absolute atomic E-state index is 0.353. The van der Waals surface area contributed by atoms with E-state index >= 15 is 0 Å². The molecule has 0 amide bonds. The molecule has 0 bridgehead atoms. The third kappa shape index (κ3) is 6.46. The topological polar surface area (TPSA) is 3.24 Å². The van der Waals surface area contributed by atoms with Gasteiger partial charge in [0.2, 0.25) is 0 Å². The zero-order valence-electron chi connectivity index (χ0n) is 39.0. The monoisotopic (exact) mass is 891 g/mol. The Morgan fingerprint density at radius 3 is 1.27 bits per heavy atom. The van der Waals surface area contributed by atoms with Crippen LogP contribution < -0.4 is 4.90 Å². The third-order valence-corrected chi connectivity index (χ3v) is 15.2. The standard InChI is InChI=1S/C69H49N/c1-68(54-26-11-4-12-27-54)62-34-19-18-33-61(62)67-64(68)36-21-37-66(67)70(57-40-38-50(39-41-57)53-45-51(48-22-7-2-8-23-48)44-52(46-53)49-24-9-3-10-25-49)58-42-43-60-59-32-17-20-35-63(59)69(65(60)47-58,55-28-13-5-14-29-55)56-30-15-6-16-31-56/h2-47H,1H3. The average molecular weight is 892 g/mol. The van der Waals surface area contributed by atoms with Crippen LogP contribution in [0.5, 0.6) is 0 Å².